The van der Waals surface area contributed by atoms with Crippen LogP contribution < -0.4 is 0 Å². The van der Waals surface area contributed by atoms with Crippen LogP contribution in [0.5, 0.6) is 0 Å². The Morgan fingerprint density at radius 3 is 0.548 bits per heavy atom. The van der Waals surface area contributed by atoms with Crippen LogP contribution >= 0.6 is 0 Å². The van der Waals surface area contributed by atoms with Crippen molar-refractivity contribution in [2.24, 2.45) is 0 Å². The van der Waals surface area contributed by atoms with Gasteiger partial charge < -0.3 is 30.6 Å². The van der Waals surface area contributed by atoms with Crippen molar-refractivity contribution >= 4 is 35.8 Å². The molecule has 4 aromatic rings. The van der Waals surface area contributed by atoms with Crippen LogP contribution in [0.1, 0.15) is 62.1 Å². The first-order valence-electron chi connectivity index (χ1n) is 11.7. The molecular formula is C30H18O12. The zero-order chi connectivity index (χ0) is 30.9. The maximum Gasteiger partial charge on any atom is 0.335 e. The molecule has 0 atom stereocenters. The van der Waals surface area contributed by atoms with Crippen molar-refractivity contribution in [1.82, 2.24) is 0 Å². The number of carbonyl (C=O) groups is 6. The number of hydrogen-bond donors (Lipinski definition) is 6. The molecule has 0 saturated carbocycles. The van der Waals surface area contributed by atoms with Gasteiger partial charge >= 0.3 is 35.8 Å². The van der Waals surface area contributed by atoms with E-state index in [0.717, 1.165) is 18.2 Å². The minimum atomic E-state index is -1.42. The first-order valence-corrected chi connectivity index (χ1v) is 11.7. The fourth-order valence-corrected chi connectivity index (χ4v) is 4.25. The normalized spacial score (nSPS) is 10.6. The molecule has 210 valence electrons. The minimum absolute atomic E-state index is 0.0936. The number of carboxylic acids is 6. The molecule has 12 heteroatoms. The van der Waals surface area contributed by atoms with E-state index in [1.165, 1.54) is 54.6 Å². The van der Waals surface area contributed by atoms with Crippen molar-refractivity contribution < 1.29 is 59.4 Å². The van der Waals surface area contributed by atoms with Gasteiger partial charge in [0.1, 0.15) is 0 Å². The highest BCUT2D eigenvalue weighted by molar-refractivity contribution is 6.00. The van der Waals surface area contributed by atoms with Gasteiger partial charge in [-0.2, -0.15) is 0 Å². The lowest BCUT2D eigenvalue weighted by Gasteiger charge is -2.14. The van der Waals surface area contributed by atoms with E-state index < -0.39 is 35.8 Å². The first kappa shape index (κ1) is 28.7. The first-order chi connectivity index (χ1) is 19.7. The number of carboxylic acid groups (broad SMARTS) is 6. The summed E-state index contributed by atoms with van der Waals surface area (Å²) in [5.41, 5.74) is -1.34. The van der Waals surface area contributed by atoms with Crippen LogP contribution in [0, 0.1) is 0 Å². The average Bonchev–Trinajstić information content (AvgIpc) is 2.95. The predicted octanol–water partition coefficient (Wildman–Crippen LogP) is 4.88. The lowest BCUT2D eigenvalue weighted by atomic mass is 9.90. The zero-order valence-electron chi connectivity index (χ0n) is 21.1. The Hall–Kier alpha value is -6.30. The van der Waals surface area contributed by atoms with E-state index in [1.54, 1.807) is 0 Å². The average molecular weight is 570 g/mol. The Kier molecular flexibility index (Phi) is 7.56. The van der Waals surface area contributed by atoms with Gasteiger partial charge in [0.15, 0.2) is 0 Å². The molecule has 0 bridgehead atoms. The second kappa shape index (κ2) is 11.1. The summed E-state index contributed by atoms with van der Waals surface area (Å²) in [6.45, 7) is 0. The molecule has 42 heavy (non-hydrogen) atoms. The number of benzene rings is 4. The summed E-state index contributed by atoms with van der Waals surface area (Å²) < 4.78 is 0. The topological polar surface area (TPSA) is 224 Å². The van der Waals surface area contributed by atoms with Crippen molar-refractivity contribution in [3.63, 3.8) is 0 Å². The van der Waals surface area contributed by atoms with E-state index in [-0.39, 0.29) is 66.8 Å². The fraction of sp³-hybridized carbons (Fsp3) is 0. The van der Waals surface area contributed by atoms with Gasteiger partial charge in [0, 0.05) is 0 Å². The molecular weight excluding hydrogens is 552 g/mol. The predicted molar refractivity (Wildman–Crippen MR) is 145 cm³/mol. The molecule has 0 aromatic heterocycles. The van der Waals surface area contributed by atoms with Gasteiger partial charge in [0.2, 0.25) is 0 Å². The molecule has 0 unspecified atom stereocenters. The molecule has 6 N–H and O–H groups in total. The van der Waals surface area contributed by atoms with Crippen molar-refractivity contribution in [3.05, 3.63) is 106 Å². The largest absolute Gasteiger partial charge is 0.478 e. The molecule has 0 spiro atoms. The maximum atomic E-state index is 11.7. The highest BCUT2D eigenvalue weighted by Crippen LogP contribution is 2.35. The van der Waals surface area contributed by atoms with E-state index in [1.807, 2.05) is 0 Å². The van der Waals surface area contributed by atoms with Crippen LogP contribution in [0.15, 0.2) is 72.8 Å². The maximum absolute atomic E-state index is 11.7. The Morgan fingerprint density at radius 1 is 0.262 bits per heavy atom. The van der Waals surface area contributed by atoms with Crippen LogP contribution in [0.3, 0.4) is 0 Å². The summed E-state index contributed by atoms with van der Waals surface area (Å²) in [6, 6.07) is 14.3. The molecule has 0 saturated heterocycles. The highest BCUT2D eigenvalue weighted by Gasteiger charge is 2.18. The lowest BCUT2D eigenvalue weighted by molar-refractivity contribution is 0.0676. The van der Waals surface area contributed by atoms with Gasteiger partial charge in [-0.25, -0.2) is 28.8 Å². The Balaban J connectivity index is 2.10. The third-order valence-corrected chi connectivity index (χ3v) is 6.21. The van der Waals surface area contributed by atoms with Gasteiger partial charge in [0.05, 0.1) is 33.4 Å². The minimum Gasteiger partial charge on any atom is -0.478 e. The molecule has 0 aliphatic heterocycles. The van der Waals surface area contributed by atoms with Gasteiger partial charge in [-0.3, -0.25) is 0 Å². The van der Waals surface area contributed by atoms with E-state index in [0.29, 0.717) is 0 Å². The summed E-state index contributed by atoms with van der Waals surface area (Å²) in [6.07, 6.45) is 0. The summed E-state index contributed by atoms with van der Waals surface area (Å²) in [4.78, 5) is 70.4. The monoisotopic (exact) mass is 570 g/mol. The van der Waals surface area contributed by atoms with Gasteiger partial charge in [0.25, 0.3) is 0 Å². The van der Waals surface area contributed by atoms with Crippen LogP contribution in [0.2, 0.25) is 0 Å². The van der Waals surface area contributed by atoms with Crippen molar-refractivity contribution in [1.29, 1.82) is 0 Å². The third kappa shape index (κ3) is 5.97. The van der Waals surface area contributed by atoms with Crippen molar-refractivity contribution in [2.45, 2.75) is 0 Å². The van der Waals surface area contributed by atoms with Crippen LogP contribution in [-0.4, -0.2) is 66.5 Å². The third-order valence-electron chi connectivity index (χ3n) is 6.21. The van der Waals surface area contributed by atoms with Gasteiger partial charge in [-0.05, 0) is 106 Å². The second-order valence-electron chi connectivity index (χ2n) is 9.03. The summed E-state index contributed by atoms with van der Waals surface area (Å²) in [5.74, 6) is -8.52. The molecule has 12 nitrogen and oxygen atoms in total. The Labute approximate surface area is 235 Å². The molecule has 0 aliphatic rings. The highest BCUT2D eigenvalue weighted by atomic mass is 16.4. The van der Waals surface area contributed by atoms with Gasteiger partial charge in [-0.15, -0.1) is 0 Å². The van der Waals surface area contributed by atoms with Crippen LogP contribution in [0.4, 0.5) is 0 Å². The number of hydrogen-bond acceptors (Lipinski definition) is 6. The lowest BCUT2D eigenvalue weighted by Crippen LogP contribution is -2.04. The van der Waals surface area contributed by atoms with Crippen LogP contribution in [0.25, 0.3) is 33.4 Å². The second-order valence-corrected chi connectivity index (χ2v) is 9.03. The standard InChI is InChI=1S/C30H18O12/c31-25(32)19-4-16(5-20(10-19)26(33)34)13-1-14(17-6-21(27(35)36)11-22(7-17)28(37)38)3-15(2-13)18-8-23(29(39)40)12-24(9-18)30(41)42/h1-12H,(H,31,32)(H,33,34)(H,35,36)(H,37,38)(H,39,40)(H,41,42). The van der Waals surface area contributed by atoms with Gasteiger partial charge in [-0.1, -0.05) is 0 Å². The molecule has 4 aromatic carbocycles. The van der Waals surface area contributed by atoms with Crippen molar-refractivity contribution in [3.8, 4) is 33.4 Å². The number of aromatic carboxylic acids is 6. The fourth-order valence-electron chi connectivity index (χ4n) is 4.25. The zero-order valence-corrected chi connectivity index (χ0v) is 21.1. The van der Waals surface area contributed by atoms with E-state index >= 15 is 0 Å². The molecule has 4 rings (SSSR count). The van der Waals surface area contributed by atoms with E-state index in [2.05, 4.69) is 0 Å². The molecule has 0 radical (unpaired) electrons. The summed E-state index contributed by atoms with van der Waals surface area (Å²) in [5, 5.41) is 57.3. The Morgan fingerprint density at radius 2 is 0.405 bits per heavy atom. The summed E-state index contributed by atoms with van der Waals surface area (Å²) in [7, 11) is 0. The quantitative estimate of drug-likeness (QED) is 0.158. The molecule has 0 fully saturated rings. The SMILES string of the molecule is O=C(O)c1cc(C(=O)O)cc(-c2cc(-c3cc(C(=O)O)cc(C(=O)O)c3)cc(-c3cc(C(=O)O)cc(C(=O)O)c3)c2)c1. The Bertz CT molecular complexity index is 1530. The molecule has 0 aliphatic carbocycles. The molecule has 0 amide bonds. The molecule has 0 heterocycles. The van der Waals surface area contributed by atoms with Crippen LogP contribution in [-0.2, 0) is 0 Å². The number of rotatable bonds is 9. The summed E-state index contributed by atoms with van der Waals surface area (Å²) >= 11 is 0. The smallest absolute Gasteiger partial charge is 0.335 e. The van der Waals surface area contributed by atoms with Crippen molar-refractivity contribution in [2.75, 3.05) is 0 Å². The van der Waals surface area contributed by atoms with E-state index in [9.17, 15) is 59.4 Å². The van der Waals surface area contributed by atoms with E-state index in [4.69, 9.17) is 0 Å².